The van der Waals surface area contributed by atoms with Crippen LogP contribution < -0.4 is 0 Å². The Morgan fingerprint density at radius 3 is 2.44 bits per heavy atom. The van der Waals surface area contributed by atoms with E-state index in [1.807, 2.05) is 51.1 Å². The highest BCUT2D eigenvalue weighted by molar-refractivity contribution is 5.85. The number of amides is 1. The van der Waals surface area contributed by atoms with Crippen molar-refractivity contribution in [2.24, 2.45) is 0 Å². The standard InChI is InChI=1S/C19H28FNO4/c1-4-8-17(19(23)25-13-16-9-6-5-7-10-16)21(15(2)3)18(22)14-24-12-11-20/h5-7,9-10,15,17H,4,8,11-14H2,1-3H3/t17-/m0/s1. The maximum Gasteiger partial charge on any atom is 0.329 e. The average Bonchev–Trinajstić information content (AvgIpc) is 2.60. The second-order valence-corrected chi connectivity index (χ2v) is 6.03. The number of hydrogen-bond acceptors (Lipinski definition) is 4. The van der Waals surface area contributed by atoms with Crippen molar-refractivity contribution in [2.45, 2.75) is 52.3 Å². The number of benzene rings is 1. The molecule has 1 rings (SSSR count). The maximum atomic E-state index is 12.6. The van der Waals surface area contributed by atoms with E-state index in [1.165, 1.54) is 4.90 Å². The molecule has 0 saturated carbocycles. The number of carbonyl (C=O) groups is 2. The fraction of sp³-hybridized carbons (Fsp3) is 0.579. The van der Waals surface area contributed by atoms with Crippen LogP contribution in [0.25, 0.3) is 0 Å². The molecule has 1 amide bonds. The highest BCUT2D eigenvalue weighted by Crippen LogP contribution is 2.15. The predicted octanol–water partition coefficient (Wildman–Crippen LogP) is 3.12. The summed E-state index contributed by atoms with van der Waals surface area (Å²) in [6, 6.07) is 8.52. The molecule has 0 aliphatic rings. The summed E-state index contributed by atoms with van der Waals surface area (Å²) >= 11 is 0. The normalized spacial score (nSPS) is 12.0. The minimum atomic E-state index is -0.671. The molecule has 0 saturated heterocycles. The fourth-order valence-corrected chi connectivity index (χ4v) is 2.58. The Bertz CT molecular complexity index is 521. The van der Waals surface area contributed by atoms with Gasteiger partial charge in [0.2, 0.25) is 5.91 Å². The summed E-state index contributed by atoms with van der Waals surface area (Å²) in [7, 11) is 0. The van der Waals surface area contributed by atoms with Crippen LogP contribution in [-0.2, 0) is 25.7 Å². The molecule has 0 aliphatic carbocycles. The number of carbonyl (C=O) groups excluding carboxylic acids is 2. The van der Waals surface area contributed by atoms with Crippen LogP contribution in [0.4, 0.5) is 4.39 Å². The van der Waals surface area contributed by atoms with Gasteiger partial charge in [0.25, 0.3) is 0 Å². The van der Waals surface area contributed by atoms with E-state index in [9.17, 15) is 14.0 Å². The number of hydrogen-bond donors (Lipinski definition) is 0. The third-order valence-electron chi connectivity index (χ3n) is 3.69. The Morgan fingerprint density at radius 1 is 1.20 bits per heavy atom. The van der Waals surface area contributed by atoms with Gasteiger partial charge in [-0.15, -0.1) is 0 Å². The fourth-order valence-electron chi connectivity index (χ4n) is 2.58. The molecule has 1 atom stereocenters. The minimum Gasteiger partial charge on any atom is -0.459 e. The van der Waals surface area contributed by atoms with Crippen LogP contribution >= 0.6 is 0 Å². The predicted molar refractivity (Wildman–Crippen MR) is 93.7 cm³/mol. The molecule has 6 heteroatoms. The van der Waals surface area contributed by atoms with Crippen molar-refractivity contribution in [3.63, 3.8) is 0 Å². The van der Waals surface area contributed by atoms with Crippen molar-refractivity contribution in [1.82, 2.24) is 4.90 Å². The zero-order valence-corrected chi connectivity index (χ0v) is 15.2. The van der Waals surface area contributed by atoms with Gasteiger partial charge >= 0.3 is 5.97 Å². The molecule has 0 N–H and O–H groups in total. The van der Waals surface area contributed by atoms with Gasteiger partial charge in [-0.3, -0.25) is 4.79 Å². The average molecular weight is 353 g/mol. The number of ether oxygens (including phenoxy) is 2. The smallest absolute Gasteiger partial charge is 0.329 e. The summed E-state index contributed by atoms with van der Waals surface area (Å²) in [4.78, 5) is 26.5. The number of alkyl halides is 1. The van der Waals surface area contributed by atoms with E-state index < -0.39 is 18.7 Å². The molecule has 0 aromatic heterocycles. The molecule has 0 bridgehead atoms. The molecule has 0 fully saturated rings. The van der Waals surface area contributed by atoms with Crippen molar-refractivity contribution in [3.8, 4) is 0 Å². The van der Waals surface area contributed by atoms with Crippen molar-refractivity contribution in [2.75, 3.05) is 19.9 Å². The third kappa shape index (κ3) is 7.22. The monoisotopic (exact) mass is 353 g/mol. The van der Waals surface area contributed by atoms with E-state index in [1.54, 1.807) is 0 Å². The van der Waals surface area contributed by atoms with Crippen LogP contribution in [0.3, 0.4) is 0 Å². The molecule has 0 aliphatic heterocycles. The second-order valence-electron chi connectivity index (χ2n) is 6.03. The lowest BCUT2D eigenvalue weighted by Crippen LogP contribution is -2.50. The van der Waals surface area contributed by atoms with Crippen LogP contribution in [0, 0.1) is 0 Å². The highest BCUT2D eigenvalue weighted by Gasteiger charge is 2.32. The molecule has 0 radical (unpaired) electrons. The first-order valence-corrected chi connectivity index (χ1v) is 8.66. The molecule has 5 nitrogen and oxygen atoms in total. The summed E-state index contributed by atoms with van der Waals surface area (Å²) in [5.74, 6) is -0.767. The molecule has 25 heavy (non-hydrogen) atoms. The van der Waals surface area contributed by atoms with Gasteiger partial charge in [-0.25, -0.2) is 9.18 Å². The lowest BCUT2D eigenvalue weighted by atomic mass is 10.1. The number of halogens is 1. The number of nitrogens with zero attached hydrogens (tertiary/aromatic N) is 1. The van der Waals surface area contributed by atoms with Gasteiger partial charge < -0.3 is 14.4 Å². The molecule has 0 spiro atoms. The topological polar surface area (TPSA) is 55.8 Å². The van der Waals surface area contributed by atoms with Gasteiger partial charge in [0, 0.05) is 6.04 Å². The van der Waals surface area contributed by atoms with Crippen molar-refractivity contribution < 1.29 is 23.5 Å². The van der Waals surface area contributed by atoms with Crippen LogP contribution in [0.5, 0.6) is 0 Å². The van der Waals surface area contributed by atoms with Crippen LogP contribution in [0.2, 0.25) is 0 Å². The highest BCUT2D eigenvalue weighted by atomic mass is 19.1. The summed E-state index contributed by atoms with van der Waals surface area (Å²) in [6.45, 7) is 4.76. The molecule has 1 aromatic carbocycles. The van der Waals surface area contributed by atoms with Gasteiger partial charge in [-0.05, 0) is 25.8 Å². The molecular weight excluding hydrogens is 325 g/mol. The third-order valence-corrected chi connectivity index (χ3v) is 3.69. The number of rotatable bonds is 11. The quantitative estimate of drug-likeness (QED) is 0.453. The van der Waals surface area contributed by atoms with Gasteiger partial charge in [-0.1, -0.05) is 43.7 Å². The van der Waals surface area contributed by atoms with E-state index in [0.717, 1.165) is 12.0 Å². The molecule has 0 heterocycles. The summed E-state index contributed by atoms with van der Waals surface area (Å²) in [5, 5.41) is 0. The summed E-state index contributed by atoms with van der Waals surface area (Å²) in [5.41, 5.74) is 0.889. The maximum absolute atomic E-state index is 12.6. The lowest BCUT2D eigenvalue weighted by Gasteiger charge is -2.33. The van der Waals surface area contributed by atoms with E-state index in [2.05, 4.69) is 0 Å². The first kappa shape index (κ1) is 21.1. The molecule has 1 aromatic rings. The summed E-state index contributed by atoms with van der Waals surface area (Å²) < 4.78 is 22.6. The lowest BCUT2D eigenvalue weighted by molar-refractivity contribution is -0.159. The van der Waals surface area contributed by atoms with Crippen molar-refractivity contribution >= 4 is 11.9 Å². The van der Waals surface area contributed by atoms with E-state index >= 15 is 0 Å². The van der Waals surface area contributed by atoms with Crippen molar-refractivity contribution in [1.29, 1.82) is 0 Å². The van der Waals surface area contributed by atoms with E-state index in [4.69, 9.17) is 9.47 Å². The SMILES string of the molecule is CCC[C@@H](C(=O)OCc1ccccc1)N(C(=O)COCCF)C(C)C. The van der Waals surface area contributed by atoms with Gasteiger partial charge in [-0.2, -0.15) is 0 Å². The first-order valence-electron chi connectivity index (χ1n) is 8.66. The Morgan fingerprint density at radius 2 is 1.88 bits per heavy atom. The van der Waals surface area contributed by atoms with Crippen LogP contribution in [0.15, 0.2) is 30.3 Å². The molecule has 140 valence electrons. The van der Waals surface area contributed by atoms with Crippen LogP contribution in [-0.4, -0.2) is 48.7 Å². The zero-order valence-electron chi connectivity index (χ0n) is 15.2. The molecular formula is C19H28FNO4. The van der Waals surface area contributed by atoms with E-state index in [-0.39, 0.29) is 31.8 Å². The van der Waals surface area contributed by atoms with E-state index in [0.29, 0.717) is 6.42 Å². The van der Waals surface area contributed by atoms with Crippen molar-refractivity contribution in [3.05, 3.63) is 35.9 Å². The second kappa shape index (κ2) is 11.6. The Hall–Kier alpha value is -1.95. The minimum absolute atomic E-state index is 0.130. The van der Waals surface area contributed by atoms with Gasteiger partial charge in [0.15, 0.2) is 0 Å². The van der Waals surface area contributed by atoms with Crippen LogP contribution in [0.1, 0.15) is 39.2 Å². The Kier molecular flexibility index (Phi) is 9.77. The first-order chi connectivity index (χ1) is 12.0. The Labute approximate surface area is 149 Å². The van der Waals surface area contributed by atoms with Gasteiger partial charge in [0.05, 0.1) is 6.61 Å². The number of esters is 1. The zero-order chi connectivity index (χ0) is 18.7. The summed E-state index contributed by atoms with van der Waals surface area (Å²) in [6.07, 6.45) is 1.23. The largest absolute Gasteiger partial charge is 0.459 e. The Balaban J connectivity index is 2.77. The van der Waals surface area contributed by atoms with Gasteiger partial charge in [0.1, 0.15) is 25.9 Å². The molecule has 0 unspecified atom stereocenters.